The number of ether oxygens (including phenoxy) is 1. The Bertz CT molecular complexity index is 570. The maximum absolute atomic E-state index is 5.67. The van der Waals surface area contributed by atoms with Crippen LogP contribution in [0.3, 0.4) is 0 Å². The first-order valence-electron chi connectivity index (χ1n) is 7.61. The molecule has 0 spiro atoms. The minimum atomic E-state index is 0.448. The van der Waals surface area contributed by atoms with Crippen LogP contribution in [0.25, 0.3) is 0 Å². The molecule has 0 aromatic carbocycles. The van der Waals surface area contributed by atoms with E-state index in [0.29, 0.717) is 12.6 Å². The van der Waals surface area contributed by atoms with E-state index >= 15 is 0 Å². The summed E-state index contributed by atoms with van der Waals surface area (Å²) in [4.78, 5) is 10.2. The Labute approximate surface area is 129 Å². The van der Waals surface area contributed by atoms with Gasteiger partial charge in [0, 0.05) is 23.7 Å². The van der Waals surface area contributed by atoms with Crippen molar-refractivity contribution >= 4 is 11.3 Å². The number of aryl methyl sites for hydroxylation is 2. The minimum Gasteiger partial charge on any atom is -0.491 e. The van der Waals surface area contributed by atoms with Gasteiger partial charge in [0.15, 0.2) is 0 Å². The van der Waals surface area contributed by atoms with Gasteiger partial charge < -0.3 is 10.1 Å². The zero-order valence-corrected chi connectivity index (χ0v) is 13.2. The standard InChI is InChI=1S/C16H21N3OS/c1-2-15-19-14-7-3-6-13(16(14)21-15)18-9-10-20-12-5-4-8-17-11-12/h4-5,8,11,13,18H,2-3,6-7,9-10H2,1H3/t13-/m0/s1. The number of thiazole rings is 1. The molecule has 0 saturated heterocycles. The number of nitrogens with one attached hydrogen (secondary N) is 1. The van der Waals surface area contributed by atoms with Gasteiger partial charge in [-0.15, -0.1) is 11.3 Å². The monoisotopic (exact) mass is 303 g/mol. The van der Waals surface area contributed by atoms with Gasteiger partial charge in [-0.1, -0.05) is 6.92 Å². The van der Waals surface area contributed by atoms with Crippen molar-refractivity contribution in [3.63, 3.8) is 0 Å². The van der Waals surface area contributed by atoms with Crippen molar-refractivity contribution in [2.24, 2.45) is 0 Å². The smallest absolute Gasteiger partial charge is 0.137 e. The molecule has 4 nitrogen and oxygen atoms in total. The van der Waals surface area contributed by atoms with E-state index in [1.165, 1.54) is 28.4 Å². The molecular formula is C16H21N3OS. The van der Waals surface area contributed by atoms with Crippen LogP contribution in [0, 0.1) is 0 Å². The highest BCUT2D eigenvalue weighted by Crippen LogP contribution is 2.34. The Morgan fingerprint density at radius 1 is 1.48 bits per heavy atom. The van der Waals surface area contributed by atoms with Gasteiger partial charge in [-0.3, -0.25) is 4.98 Å². The van der Waals surface area contributed by atoms with E-state index < -0.39 is 0 Å². The topological polar surface area (TPSA) is 47.0 Å². The third kappa shape index (κ3) is 3.60. The Morgan fingerprint density at radius 2 is 2.43 bits per heavy atom. The molecule has 5 heteroatoms. The lowest BCUT2D eigenvalue weighted by atomic mass is 9.98. The van der Waals surface area contributed by atoms with Crippen LogP contribution in [0.4, 0.5) is 0 Å². The summed E-state index contributed by atoms with van der Waals surface area (Å²) in [6.45, 7) is 3.68. The van der Waals surface area contributed by atoms with Gasteiger partial charge in [0.25, 0.3) is 0 Å². The first-order valence-corrected chi connectivity index (χ1v) is 8.43. The van der Waals surface area contributed by atoms with Crippen LogP contribution in [0.15, 0.2) is 24.5 Å². The SMILES string of the molecule is CCc1nc2c(s1)[C@@H](NCCOc1cccnc1)CCC2. The maximum atomic E-state index is 5.67. The molecule has 1 aliphatic rings. The molecule has 0 unspecified atom stereocenters. The molecule has 112 valence electrons. The molecule has 0 bridgehead atoms. The fourth-order valence-corrected chi connectivity index (χ4v) is 3.81. The van der Waals surface area contributed by atoms with Crippen LogP contribution < -0.4 is 10.1 Å². The van der Waals surface area contributed by atoms with Crippen molar-refractivity contribution in [2.75, 3.05) is 13.2 Å². The highest BCUT2D eigenvalue weighted by Gasteiger charge is 2.23. The number of aromatic nitrogens is 2. The third-order valence-corrected chi connectivity index (χ3v) is 5.05. The Hall–Kier alpha value is -1.46. The van der Waals surface area contributed by atoms with Crippen molar-refractivity contribution in [3.05, 3.63) is 40.1 Å². The highest BCUT2D eigenvalue weighted by atomic mass is 32.1. The Morgan fingerprint density at radius 3 is 3.24 bits per heavy atom. The minimum absolute atomic E-state index is 0.448. The summed E-state index contributed by atoms with van der Waals surface area (Å²) in [5, 5.41) is 4.87. The zero-order valence-electron chi connectivity index (χ0n) is 12.3. The molecule has 0 saturated carbocycles. The summed E-state index contributed by atoms with van der Waals surface area (Å²) in [6, 6.07) is 4.27. The molecule has 0 amide bonds. The summed E-state index contributed by atoms with van der Waals surface area (Å²) in [5.41, 5.74) is 1.31. The zero-order chi connectivity index (χ0) is 14.5. The summed E-state index contributed by atoms with van der Waals surface area (Å²) < 4.78 is 5.67. The fraction of sp³-hybridized carbons (Fsp3) is 0.500. The lowest BCUT2D eigenvalue weighted by molar-refractivity contribution is 0.300. The van der Waals surface area contributed by atoms with Crippen molar-refractivity contribution in [1.82, 2.24) is 15.3 Å². The molecule has 0 aliphatic heterocycles. The van der Waals surface area contributed by atoms with Crippen LogP contribution in [0.5, 0.6) is 5.75 Å². The van der Waals surface area contributed by atoms with Gasteiger partial charge in [-0.25, -0.2) is 4.98 Å². The van der Waals surface area contributed by atoms with E-state index in [4.69, 9.17) is 9.72 Å². The first-order chi connectivity index (χ1) is 10.4. The predicted molar refractivity (Wildman–Crippen MR) is 84.9 cm³/mol. The van der Waals surface area contributed by atoms with E-state index in [2.05, 4.69) is 17.2 Å². The van der Waals surface area contributed by atoms with Gasteiger partial charge in [0.2, 0.25) is 0 Å². The van der Waals surface area contributed by atoms with Gasteiger partial charge in [-0.05, 0) is 37.8 Å². The molecule has 2 aromatic rings. The molecular weight excluding hydrogens is 282 g/mol. The normalized spacial score (nSPS) is 17.5. The van der Waals surface area contributed by atoms with Crippen molar-refractivity contribution in [3.8, 4) is 5.75 Å². The molecule has 0 fully saturated rings. The van der Waals surface area contributed by atoms with Gasteiger partial charge in [0.05, 0.1) is 16.9 Å². The molecule has 1 atom stereocenters. The quantitative estimate of drug-likeness (QED) is 0.833. The largest absolute Gasteiger partial charge is 0.491 e. The van der Waals surface area contributed by atoms with E-state index in [0.717, 1.165) is 25.1 Å². The average molecular weight is 303 g/mol. The Kier molecular flexibility index (Phi) is 4.83. The van der Waals surface area contributed by atoms with Crippen LogP contribution in [0.1, 0.15) is 41.4 Å². The van der Waals surface area contributed by atoms with Gasteiger partial charge >= 0.3 is 0 Å². The van der Waals surface area contributed by atoms with E-state index in [1.54, 1.807) is 12.4 Å². The summed E-state index contributed by atoms with van der Waals surface area (Å²) in [5.74, 6) is 0.828. The van der Waals surface area contributed by atoms with Crippen molar-refractivity contribution in [2.45, 2.75) is 38.6 Å². The van der Waals surface area contributed by atoms with Crippen molar-refractivity contribution in [1.29, 1.82) is 0 Å². The maximum Gasteiger partial charge on any atom is 0.137 e. The summed E-state index contributed by atoms with van der Waals surface area (Å²) >= 11 is 1.87. The van der Waals surface area contributed by atoms with Crippen molar-refractivity contribution < 1.29 is 4.74 Å². The number of rotatable bonds is 6. The molecule has 0 radical (unpaired) electrons. The molecule has 1 N–H and O–H groups in total. The second-order valence-electron chi connectivity index (χ2n) is 5.21. The number of pyridine rings is 1. The van der Waals surface area contributed by atoms with E-state index in [9.17, 15) is 0 Å². The number of hydrogen-bond donors (Lipinski definition) is 1. The Balaban J connectivity index is 1.51. The summed E-state index contributed by atoms with van der Waals surface area (Å²) in [6.07, 6.45) is 8.09. The number of fused-ring (bicyclic) bond motifs is 1. The number of hydrogen-bond acceptors (Lipinski definition) is 5. The second-order valence-corrected chi connectivity index (χ2v) is 6.32. The lowest BCUT2D eigenvalue weighted by Crippen LogP contribution is -2.28. The molecule has 2 heterocycles. The van der Waals surface area contributed by atoms with E-state index in [-0.39, 0.29) is 0 Å². The predicted octanol–water partition coefficient (Wildman–Crippen LogP) is 3.15. The van der Waals surface area contributed by atoms with Crippen LogP contribution in [0.2, 0.25) is 0 Å². The first kappa shape index (κ1) is 14.5. The van der Waals surface area contributed by atoms with Gasteiger partial charge in [-0.2, -0.15) is 0 Å². The highest BCUT2D eigenvalue weighted by molar-refractivity contribution is 7.11. The lowest BCUT2D eigenvalue weighted by Gasteiger charge is -2.22. The molecule has 2 aromatic heterocycles. The average Bonchev–Trinajstić information content (AvgIpc) is 2.96. The third-order valence-electron chi connectivity index (χ3n) is 3.69. The second kappa shape index (κ2) is 7.00. The van der Waals surface area contributed by atoms with Gasteiger partial charge in [0.1, 0.15) is 12.4 Å². The summed E-state index contributed by atoms with van der Waals surface area (Å²) in [7, 11) is 0. The number of nitrogens with zero attached hydrogens (tertiary/aromatic N) is 2. The fourth-order valence-electron chi connectivity index (χ4n) is 2.65. The molecule has 21 heavy (non-hydrogen) atoms. The van der Waals surface area contributed by atoms with Crippen LogP contribution >= 0.6 is 11.3 Å². The molecule has 3 rings (SSSR count). The molecule has 1 aliphatic carbocycles. The van der Waals surface area contributed by atoms with Crippen LogP contribution in [-0.4, -0.2) is 23.1 Å². The van der Waals surface area contributed by atoms with Crippen LogP contribution in [-0.2, 0) is 12.8 Å². The van der Waals surface area contributed by atoms with E-state index in [1.807, 2.05) is 23.5 Å².